The van der Waals surface area contributed by atoms with Crippen LogP contribution in [0.4, 0.5) is 11.4 Å². The molecular formula is C25H30N2O7. The summed E-state index contributed by atoms with van der Waals surface area (Å²) in [5.41, 5.74) is 1.43. The minimum absolute atomic E-state index is 0.00155. The van der Waals surface area contributed by atoms with Crippen LogP contribution in [0.2, 0.25) is 0 Å². The number of hydrogen-bond donors (Lipinski definition) is 2. The van der Waals surface area contributed by atoms with E-state index in [-0.39, 0.29) is 25.2 Å². The summed E-state index contributed by atoms with van der Waals surface area (Å²) in [6.45, 7) is 4.12. The standard InChI is InChI=1S/C25H30N2O7/c1-3-16-33-25(31)18-12-14-19(15-13-18)26-22(28)10-7-11-24(30)34-17-23(29)27-20-8-5-6-9-21(20)32-4-2/h5-6,8-9,12-15H,3-4,7,10-11,16-17H2,1-2H3,(H,26,28)(H,27,29). The molecule has 0 aliphatic rings. The molecule has 34 heavy (non-hydrogen) atoms. The summed E-state index contributed by atoms with van der Waals surface area (Å²) < 4.78 is 15.5. The van der Waals surface area contributed by atoms with Crippen molar-refractivity contribution in [2.45, 2.75) is 39.5 Å². The maximum Gasteiger partial charge on any atom is 0.338 e. The minimum atomic E-state index is -0.573. The Morgan fingerprint density at radius 2 is 1.56 bits per heavy atom. The van der Waals surface area contributed by atoms with Gasteiger partial charge >= 0.3 is 11.9 Å². The summed E-state index contributed by atoms with van der Waals surface area (Å²) in [6.07, 6.45) is 1.10. The highest BCUT2D eigenvalue weighted by Crippen LogP contribution is 2.23. The Morgan fingerprint density at radius 1 is 0.824 bits per heavy atom. The summed E-state index contributed by atoms with van der Waals surface area (Å²) in [5.74, 6) is -1.22. The van der Waals surface area contributed by atoms with Gasteiger partial charge in [-0.25, -0.2) is 4.79 Å². The van der Waals surface area contributed by atoms with E-state index in [1.165, 1.54) is 0 Å². The van der Waals surface area contributed by atoms with Crippen LogP contribution in [-0.2, 0) is 23.9 Å². The van der Waals surface area contributed by atoms with Crippen LogP contribution in [0.3, 0.4) is 0 Å². The van der Waals surface area contributed by atoms with Crippen molar-refractivity contribution in [1.29, 1.82) is 0 Å². The van der Waals surface area contributed by atoms with E-state index < -0.39 is 24.5 Å². The molecule has 0 saturated carbocycles. The van der Waals surface area contributed by atoms with Gasteiger partial charge in [0.15, 0.2) is 6.61 Å². The molecule has 0 saturated heterocycles. The van der Waals surface area contributed by atoms with Crippen LogP contribution in [-0.4, -0.2) is 43.6 Å². The first-order valence-corrected chi connectivity index (χ1v) is 11.2. The van der Waals surface area contributed by atoms with Gasteiger partial charge in [0.1, 0.15) is 5.75 Å². The Balaban J connectivity index is 1.66. The van der Waals surface area contributed by atoms with E-state index in [1.807, 2.05) is 13.8 Å². The molecule has 0 fully saturated rings. The fraction of sp³-hybridized carbons (Fsp3) is 0.360. The molecule has 0 atom stereocenters. The monoisotopic (exact) mass is 470 g/mol. The van der Waals surface area contributed by atoms with Gasteiger partial charge in [0.05, 0.1) is 24.5 Å². The zero-order valence-corrected chi connectivity index (χ0v) is 19.4. The van der Waals surface area contributed by atoms with Gasteiger partial charge in [-0.05, 0) is 56.2 Å². The molecule has 2 amide bonds. The van der Waals surface area contributed by atoms with E-state index in [9.17, 15) is 19.2 Å². The topological polar surface area (TPSA) is 120 Å². The highest BCUT2D eigenvalue weighted by atomic mass is 16.5. The highest BCUT2D eigenvalue weighted by Gasteiger charge is 2.12. The van der Waals surface area contributed by atoms with Crippen LogP contribution < -0.4 is 15.4 Å². The van der Waals surface area contributed by atoms with E-state index >= 15 is 0 Å². The molecule has 9 nitrogen and oxygen atoms in total. The minimum Gasteiger partial charge on any atom is -0.492 e. The first-order chi connectivity index (χ1) is 16.4. The second-order valence-corrected chi connectivity index (χ2v) is 7.25. The molecule has 0 spiro atoms. The van der Waals surface area contributed by atoms with Gasteiger partial charge in [-0.2, -0.15) is 0 Å². The highest BCUT2D eigenvalue weighted by molar-refractivity contribution is 5.94. The zero-order chi connectivity index (χ0) is 24.8. The summed E-state index contributed by atoms with van der Waals surface area (Å²) in [4.78, 5) is 47.8. The number of ether oxygens (including phenoxy) is 3. The van der Waals surface area contributed by atoms with Crippen molar-refractivity contribution in [2.24, 2.45) is 0 Å². The van der Waals surface area contributed by atoms with Crippen LogP contribution in [0.1, 0.15) is 49.9 Å². The van der Waals surface area contributed by atoms with Crippen molar-refractivity contribution < 1.29 is 33.4 Å². The van der Waals surface area contributed by atoms with Crippen LogP contribution >= 0.6 is 0 Å². The number of esters is 2. The van der Waals surface area contributed by atoms with E-state index in [1.54, 1.807) is 48.5 Å². The predicted molar refractivity (Wildman–Crippen MR) is 127 cm³/mol. The number of benzene rings is 2. The van der Waals surface area contributed by atoms with E-state index in [2.05, 4.69) is 10.6 Å². The Kier molecular flexibility index (Phi) is 11.1. The van der Waals surface area contributed by atoms with Crippen molar-refractivity contribution in [3.8, 4) is 5.75 Å². The van der Waals surface area contributed by atoms with Gasteiger partial charge in [0.2, 0.25) is 5.91 Å². The average Bonchev–Trinajstić information content (AvgIpc) is 2.83. The molecule has 2 rings (SSSR count). The van der Waals surface area contributed by atoms with Gasteiger partial charge in [0, 0.05) is 18.5 Å². The number of carbonyl (C=O) groups excluding carboxylic acids is 4. The maximum absolute atomic E-state index is 12.1. The second-order valence-electron chi connectivity index (χ2n) is 7.25. The number of hydrogen-bond acceptors (Lipinski definition) is 7. The number of carbonyl (C=O) groups is 4. The Labute approximate surface area is 198 Å². The Morgan fingerprint density at radius 3 is 2.26 bits per heavy atom. The molecule has 0 aliphatic carbocycles. The van der Waals surface area contributed by atoms with Crippen molar-refractivity contribution in [3.63, 3.8) is 0 Å². The van der Waals surface area contributed by atoms with Crippen LogP contribution in [0.5, 0.6) is 5.75 Å². The van der Waals surface area contributed by atoms with Crippen LogP contribution in [0, 0.1) is 0 Å². The molecule has 2 aromatic rings. The molecular weight excluding hydrogens is 440 g/mol. The lowest BCUT2D eigenvalue weighted by atomic mass is 10.2. The zero-order valence-electron chi connectivity index (χ0n) is 19.4. The molecule has 0 aliphatic heterocycles. The molecule has 2 aromatic carbocycles. The molecule has 182 valence electrons. The summed E-state index contributed by atoms with van der Waals surface area (Å²) in [5, 5.41) is 5.34. The SMILES string of the molecule is CCCOC(=O)c1ccc(NC(=O)CCCC(=O)OCC(=O)Nc2ccccc2OCC)cc1. The van der Waals surface area contributed by atoms with Crippen molar-refractivity contribution in [2.75, 3.05) is 30.5 Å². The van der Waals surface area contributed by atoms with Crippen molar-refractivity contribution in [1.82, 2.24) is 0 Å². The lowest BCUT2D eigenvalue weighted by Crippen LogP contribution is -2.21. The fourth-order valence-electron chi connectivity index (χ4n) is 2.84. The largest absolute Gasteiger partial charge is 0.492 e. The van der Waals surface area contributed by atoms with Gasteiger partial charge in [0.25, 0.3) is 5.91 Å². The lowest BCUT2D eigenvalue weighted by molar-refractivity contribution is -0.147. The van der Waals surface area contributed by atoms with Crippen molar-refractivity contribution in [3.05, 3.63) is 54.1 Å². The van der Waals surface area contributed by atoms with E-state index in [0.29, 0.717) is 35.9 Å². The normalized spacial score (nSPS) is 10.2. The molecule has 0 aromatic heterocycles. The van der Waals surface area contributed by atoms with Gasteiger partial charge in [-0.15, -0.1) is 0 Å². The summed E-state index contributed by atoms with van der Waals surface area (Å²) in [7, 11) is 0. The first-order valence-electron chi connectivity index (χ1n) is 11.2. The molecule has 0 bridgehead atoms. The fourth-order valence-corrected chi connectivity index (χ4v) is 2.84. The quantitative estimate of drug-likeness (QED) is 0.425. The third-order valence-corrected chi connectivity index (χ3v) is 4.45. The summed E-state index contributed by atoms with van der Waals surface area (Å²) in [6, 6.07) is 13.3. The maximum atomic E-state index is 12.1. The van der Waals surface area contributed by atoms with Gasteiger partial charge in [-0.1, -0.05) is 19.1 Å². The third-order valence-electron chi connectivity index (χ3n) is 4.45. The van der Waals surface area contributed by atoms with E-state index in [0.717, 1.165) is 6.42 Å². The molecule has 9 heteroatoms. The molecule has 0 heterocycles. The first kappa shape index (κ1) is 26.4. The number of anilines is 2. The number of nitrogens with one attached hydrogen (secondary N) is 2. The lowest BCUT2D eigenvalue weighted by Gasteiger charge is -2.11. The Bertz CT molecular complexity index is 973. The molecule has 0 unspecified atom stereocenters. The van der Waals surface area contributed by atoms with Gasteiger partial charge < -0.3 is 24.8 Å². The van der Waals surface area contributed by atoms with Crippen molar-refractivity contribution >= 4 is 35.1 Å². The van der Waals surface area contributed by atoms with E-state index in [4.69, 9.17) is 14.2 Å². The molecule has 2 N–H and O–H groups in total. The predicted octanol–water partition coefficient (Wildman–Crippen LogP) is 3.94. The average molecular weight is 471 g/mol. The van der Waals surface area contributed by atoms with Gasteiger partial charge in [-0.3, -0.25) is 14.4 Å². The van der Waals surface area contributed by atoms with Crippen LogP contribution in [0.15, 0.2) is 48.5 Å². The summed E-state index contributed by atoms with van der Waals surface area (Å²) >= 11 is 0. The smallest absolute Gasteiger partial charge is 0.338 e. The Hall–Kier alpha value is -3.88. The number of para-hydroxylation sites is 2. The second kappa shape index (κ2) is 14.3. The van der Waals surface area contributed by atoms with Crippen LogP contribution in [0.25, 0.3) is 0 Å². The molecule has 0 radical (unpaired) electrons. The third kappa shape index (κ3) is 9.32. The number of amides is 2. The number of rotatable bonds is 13.